The fraction of sp³-hybridized carbons (Fsp3) is 0.387. The molecule has 10 nitrogen and oxygen atoms in total. The molecule has 0 spiro atoms. The first-order valence-corrected chi connectivity index (χ1v) is 14.0. The number of likely N-dealkylation sites (tertiary alicyclic amines) is 1. The fourth-order valence-electron chi connectivity index (χ4n) is 5.15. The molecule has 1 N–H and O–H groups in total. The lowest BCUT2D eigenvalue weighted by molar-refractivity contribution is -0.138. The summed E-state index contributed by atoms with van der Waals surface area (Å²) in [6.45, 7) is 1.10. The highest BCUT2D eigenvalue weighted by Crippen LogP contribution is 2.25. The molecule has 0 saturated carbocycles. The van der Waals surface area contributed by atoms with Gasteiger partial charge in [0, 0.05) is 51.6 Å². The maximum atomic E-state index is 13.1. The van der Waals surface area contributed by atoms with Gasteiger partial charge in [0.05, 0.1) is 31.0 Å². The molecule has 1 saturated heterocycles. The van der Waals surface area contributed by atoms with Crippen molar-refractivity contribution in [1.82, 2.24) is 25.1 Å². The number of carbonyl (C=O) groups is 3. The highest BCUT2D eigenvalue weighted by atomic mass is 16.5. The van der Waals surface area contributed by atoms with Crippen LogP contribution in [-0.4, -0.2) is 76.3 Å². The van der Waals surface area contributed by atoms with Crippen molar-refractivity contribution in [3.63, 3.8) is 0 Å². The van der Waals surface area contributed by atoms with Crippen molar-refractivity contribution in [3.05, 3.63) is 83.9 Å². The van der Waals surface area contributed by atoms with E-state index in [4.69, 9.17) is 9.47 Å². The van der Waals surface area contributed by atoms with Crippen molar-refractivity contribution >= 4 is 17.7 Å². The van der Waals surface area contributed by atoms with Crippen molar-refractivity contribution in [2.45, 2.75) is 50.9 Å². The molecule has 0 aliphatic carbocycles. The molecule has 41 heavy (non-hydrogen) atoms. The van der Waals surface area contributed by atoms with Gasteiger partial charge >= 0.3 is 0 Å². The van der Waals surface area contributed by atoms with Crippen molar-refractivity contribution in [3.8, 4) is 11.5 Å². The lowest BCUT2D eigenvalue weighted by Crippen LogP contribution is -2.58. The molecule has 3 amide bonds. The first-order chi connectivity index (χ1) is 19.9. The number of ether oxygens (including phenoxy) is 2. The largest absolute Gasteiger partial charge is 0.457 e. The lowest BCUT2D eigenvalue weighted by atomic mass is 10.0. The zero-order valence-electron chi connectivity index (χ0n) is 23.2. The topological polar surface area (TPSA) is 114 Å². The molecule has 3 heterocycles. The molecule has 2 aromatic carbocycles. The summed E-state index contributed by atoms with van der Waals surface area (Å²) < 4.78 is 12.4. The van der Waals surface area contributed by atoms with Crippen LogP contribution in [0.25, 0.3) is 0 Å². The second-order valence-electron chi connectivity index (χ2n) is 10.5. The number of aryl methyl sites for hydroxylation is 2. The smallest absolute Gasteiger partial charge is 0.239 e. The summed E-state index contributed by atoms with van der Waals surface area (Å²) in [5.41, 5.74) is 2.68. The number of hydrogen-bond acceptors (Lipinski definition) is 7. The summed E-state index contributed by atoms with van der Waals surface area (Å²) in [6, 6.07) is 15.0. The Morgan fingerprint density at radius 3 is 2.61 bits per heavy atom. The minimum Gasteiger partial charge on any atom is -0.457 e. The monoisotopic (exact) mass is 557 g/mol. The van der Waals surface area contributed by atoms with Gasteiger partial charge in [0.1, 0.15) is 11.5 Å². The second-order valence-corrected chi connectivity index (χ2v) is 10.5. The first kappa shape index (κ1) is 28.2. The minimum atomic E-state index is -0.418. The molecule has 214 valence electrons. The standard InChI is InChI=1S/C31H35N5O5/c1-35-20-29(37)34-27-19-36(31(39)11-9-24-18-32-13-14-33-24)15-12-28(27)40-21-23-5-3-7-26(17-23)41-25-6-2-4-22(16-25)8-10-30(35)38/h2-7,13-14,16-18,27-28H,8-12,15,19-21H2,1H3,(H,34,37)/t27-,28+/m0/s1. The molecular formula is C31H35N5O5. The molecule has 2 aliphatic rings. The lowest BCUT2D eigenvalue weighted by Gasteiger charge is -2.39. The number of aromatic nitrogens is 2. The quantitative estimate of drug-likeness (QED) is 0.527. The maximum absolute atomic E-state index is 13.1. The predicted octanol–water partition coefficient (Wildman–Crippen LogP) is 2.91. The van der Waals surface area contributed by atoms with E-state index in [9.17, 15) is 14.4 Å². The number of hydrogen-bond donors (Lipinski definition) is 1. The molecule has 0 radical (unpaired) electrons. The Balaban J connectivity index is 1.31. The van der Waals surface area contributed by atoms with Crippen LogP contribution in [0.1, 0.15) is 36.1 Å². The average Bonchev–Trinajstić information content (AvgIpc) is 2.98. The van der Waals surface area contributed by atoms with Crippen LogP contribution >= 0.6 is 0 Å². The van der Waals surface area contributed by atoms with E-state index < -0.39 is 6.04 Å². The second kappa shape index (κ2) is 13.4. The van der Waals surface area contributed by atoms with Crippen LogP contribution < -0.4 is 10.1 Å². The number of amides is 3. The fourth-order valence-corrected chi connectivity index (χ4v) is 5.15. The van der Waals surface area contributed by atoms with E-state index in [1.807, 2.05) is 48.5 Å². The molecule has 2 atom stereocenters. The van der Waals surface area contributed by atoms with Crippen LogP contribution in [0, 0.1) is 0 Å². The van der Waals surface area contributed by atoms with E-state index in [0.29, 0.717) is 56.9 Å². The van der Waals surface area contributed by atoms with Gasteiger partial charge in [0.15, 0.2) is 0 Å². The van der Waals surface area contributed by atoms with E-state index in [1.54, 1.807) is 30.5 Å². The van der Waals surface area contributed by atoms with Gasteiger partial charge in [-0.25, -0.2) is 0 Å². The van der Waals surface area contributed by atoms with Gasteiger partial charge in [0.25, 0.3) is 0 Å². The van der Waals surface area contributed by atoms with Gasteiger partial charge in [-0.3, -0.25) is 24.4 Å². The minimum absolute atomic E-state index is 0.0110. The van der Waals surface area contributed by atoms with Crippen LogP contribution in [0.15, 0.2) is 67.1 Å². The van der Waals surface area contributed by atoms with Crippen molar-refractivity contribution in [2.75, 3.05) is 26.7 Å². The predicted molar refractivity (Wildman–Crippen MR) is 151 cm³/mol. The number of nitrogens with zero attached hydrogens (tertiary/aromatic N) is 4. The Bertz CT molecular complexity index is 1370. The van der Waals surface area contributed by atoms with Gasteiger partial charge in [-0.2, -0.15) is 0 Å². The third-order valence-corrected chi connectivity index (χ3v) is 7.39. The van der Waals surface area contributed by atoms with Crippen LogP contribution in [0.4, 0.5) is 0 Å². The summed E-state index contributed by atoms with van der Waals surface area (Å²) >= 11 is 0. The molecule has 0 unspecified atom stereocenters. The molecule has 3 aromatic rings. The number of fused-ring (bicyclic) bond motifs is 5. The van der Waals surface area contributed by atoms with Crippen LogP contribution in [0.2, 0.25) is 0 Å². The van der Waals surface area contributed by atoms with Gasteiger partial charge < -0.3 is 24.6 Å². The Kier molecular flexibility index (Phi) is 9.20. The van der Waals surface area contributed by atoms with Gasteiger partial charge in [-0.15, -0.1) is 0 Å². The first-order valence-electron chi connectivity index (χ1n) is 14.0. The molecule has 1 fully saturated rings. The zero-order chi connectivity index (χ0) is 28.6. The molecule has 1 aromatic heterocycles. The van der Waals surface area contributed by atoms with E-state index in [-0.39, 0.29) is 36.8 Å². The SMILES string of the molecule is CN1CC(=O)N[C@H]2CN(C(=O)CCc3cnccn3)CC[C@H]2OCc2cccc(c2)Oc2cccc(c2)CCC1=O. The highest BCUT2D eigenvalue weighted by molar-refractivity contribution is 5.85. The number of benzene rings is 2. The van der Waals surface area contributed by atoms with Gasteiger partial charge in [-0.05, 0) is 54.7 Å². The summed E-state index contributed by atoms with van der Waals surface area (Å²) in [5, 5.41) is 3.05. The van der Waals surface area contributed by atoms with Gasteiger partial charge in [0.2, 0.25) is 17.7 Å². The van der Waals surface area contributed by atoms with E-state index >= 15 is 0 Å². The number of piperidine rings is 1. The van der Waals surface area contributed by atoms with E-state index in [1.165, 1.54) is 4.90 Å². The third-order valence-electron chi connectivity index (χ3n) is 7.39. The molecule has 10 heteroatoms. The number of nitrogens with one attached hydrogen (secondary N) is 1. The molecular weight excluding hydrogens is 522 g/mol. The molecule has 5 rings (SSSR count). The maximum Gasteiger partial charge on any atom is 0.239 e. The Morgan fingerprint density at radius 1 is 1.05 bits per heavy atom. The zero-order valence-corrected chi connectivity index (χ0v) is 23.2. The summed E-state index contributed by atoms with van der Waals surface area (Å²) in [6.07, 6.45) is 6.74. The third kappa shape index (κ3) is 7.88. The number of likely N-dealkylation sites (N-methyl/N-ethyl adjacent to an activating group) is 1. The van der Waals surface area contributed by atoms with E-state index in [2.05, 4.69) is 15.3 Å². The summed E-state index contributed by atoms with van der Waals surface area (Å²) in [4.78, 5) is 50.4. The van der Waals surface area contributed by atoms with Gasteiger partial charge in [-0.1, -0.05) is 24.3 Å². The molecule has 2 aliphatic heterocycles. The Labute approximate surface area is 239 Å². The number of carbonyl (C=O) groups excluding carboxylic acids is 3. The van der Waals surface area contributed by atoms with E-state index in [0.717, 1.165) is 16.8 Å². The van der Waals surface area contributed by atoms with Crippen LogP contribution in [0.3, 0.4) is 0 Å². The Hall–Kier alpha value is -4.31. The summed E-state index contributed by atoms with van der Waals surface area (Å²) in [5.74, 6) is 0.958. The number of rotatable bonds is 3. The Morgan fingerprint density at radius 2 is 1.83 bits per heavy atom. The average molecular weight is 558 g/mol. The van der Waals surface area contributed by atoms with Crippen molar-refractivity contribution in [1.29, 1.82) is 0 Å². The van der Waals surface area contributed by atoms with Crippen LogP contribution in [0.5, 0.6) is 11.5 Å². The molecule has 4 bridgehead atoms. The van der Waals surface area contributed by atoms with Crippen molar-refractivity contribution in [2.24, 2.45) is 0 Å². The van der Waals surface area contributed by atoms with Crippen molar-refractivity contribution < 1.29 is 23.9 Å². The van der Waals surface area contributed by atoms with Crippen LogP contribution in [-0.2, 0) is 38.6 Å². The normalized spacial score (nSPS) is 20.2. The summed E-state index contributed by atoms with van der Waals surface area (Å²) in [7, 11) is 1.63. The highest BCUT2D eigenvalue weighted by Gasteiger charge is 2.33.